The summed E-state index contributed by atoms with van der Waals surface area (Å²) in [4.78, 5) is 0. The Hall–Kier alpha value is 1.44. The molecule has 3 nitrogen and oxygen atoms in total. The Balaban J connectivity index is 0. The number of rotatable bonds is 0. The van der Waals surface area contributed by atoms with Crippen LogP contribution in [0.5, 0.6) is 0 Å². The first-order valence-electron chi connectivity index (χ1n) is 0. The fourth-order valence-corrected chi connectivity index (χ4v) is 0. The summed E-state index contributed by atoms with van der Waals surface area (Å²) in [6.45, 7) is 0. The van der Waals surface area contributed by atoms with Crippen molar-refractivity contribution in [2.45, 2.75) is 0 Å². The van der Waals surface area contributed by atoms with Gasteiger partial charge in [-0.25, -0.2) is 0 Å². The van der Waals surface area contributed by atoms with Crippen LogP contribution < -0.4 is 0 Å². The van der Waals surface area contributed by atoms with Crippen molar-refractivity contribution in [2.24, 2.45) is 0 Å². The second-order valence-corrected chi connectivity index (χ2v) is 0. The van der Waals surface area contributed by atoms with E-state index in [0.29, 0.717) is 0 Å². The summed E-state index contributed by atoms with van der Waals surface area (Å²) in [6.07, 6.45) is 0. The first-order chi connectivity index (χ1) is 0. The molecule has 0 atom stereocenters. The van der Waals surface area contributed by atoms with Gasteiger partial charge in [0.15, 0.2) is 0 Å². The summed E-state index contributed by atoms with van der Waals surface area (Å²) in [7, 11) is 0. The van der Waals surface area contributed by atoms with Crippen LogP contribution in [0, 0.1) is 0 Å². The monoisotopic (exact) mass is 144 g/mol. The minimum atomic E-state index is 0. The molecular formula is H6CrLiO3P. The first-order valence-corrected chi connectivity index (χ1v) is 0. The Morgan fingerprint density at radius 2 is 0.667 bits per heavy atom. The zero-order valence-corrected chi connectivity index (χ0v) is 5.52. The predicted octanol–water partition coefficient (Wildman–Crippen LogP) is -2.00. The van der Waals surface area contributed by atoms with E-state index in [1.165, 1.54) is 0 Å². The maximum Gasteiger partial charge on any atom is 0 e. The minimum absolute atomic E-state index is 0. The molecule has 0 aliphatic carbocycles. The summed E-state index contributed by atoms with van der Waals surface area (Å²) in [5.74, 6) is 0. The van der Waals surface area contributed by atoms with E-state index in [0.717, 1.165) is 0 Å². The molecule has 36 valence electrons. The van der Waals surface area contributed by atoms with Gasteiger partial charge < -0.3 is 16.4 Å². The molecule has 0 bridgehead atoms. The maximum atomic E-state index is 0. The summed E-state index contributed by atoms with van der Waals surface area (Å²) in [5, 5.41) is 0. The van der Waals surface area contributed by atoms with Crippen molar-refractivity contribution in [3.63, 3.8) is 0 Å². The maximum absolute atomic E-state index is 0. The molecule has 0 aromatic carbocycles. The van der Waals surface area contributed by atoms with Gasteiger partial charge in [-0.15, -0.1) is 0 Å². The second-order valence-electron chi connectivity index (χ2n) is 0. The fourth-order valence-electron chi connectivity index (χ4n) is 0. The van der Waals surface area contributed by atoms with Crippen LogP contribution in [0.1, 0.15) is 0 Å². The molecule has 0 heterocycles. The molecule has 0 aliphatic heterocycles. The van der Waals surface area contributed by atoms with Gasteiger partial charge in [-0.2, -0.15) is 0 Å². The van der Waals surface area contributed by atoms with Crippen molar-refractivity contribution in [3.8, 4) is 0 Å². The van der Waals surface area contributed by atoms with E-state index in [1.807, 2.05) is 0 Å². The van der Waals surface area contributed by atoms with Crippen LogP contribution in [0.4, 0.5) is 0 Å². The standard InChI is InChI=1S/Cr.Li.3H2O.P/h;;3*1H2;. The molecule has 0 unspecified atom stereocenters. The van der Waals surface area contributed by atoms with Gasteiger partial charge in [-0.1, -0.05) is 0 Å². The first kappa shape index (κ1) is 149. The van der Waals surface area contributed by atoms with Crippen LogP contribution >= 0.6 is 9.90 Å². The molecule has 6 N–H and O–H groups in total. The van der Waals surface area contributed by atoms with Crippen molar-refractivity contribution in [2.75, 3.05) is 0 Å². The molecule has 0 aromatic heterocycles. The van der Waals surface area contributed by atoms with Gasteiger partial charge in [0.25, 0.3) is 0 Å². The molecular weight excluding hydrogens is 138 g/mol. The van der Waals surface area contributed by atoms with Crippen LogP contribution in [0.3, 0.4) is 0 Å². The van der Waals surface area contributed by atoms with E-state index < -0.39 is 0 Å². The molecule has 0 fully saturated rings. The molecule has 4 radical (unpaired) electrons. The SMILES string of the molecule is O.O.O.[Cr].[Li].[P]. The Labute approximate surface area is 62.7 Å². The Bertz CT molecular complexity index is 10.8. The fraction of sp³-hybridized carbons (Fsp3) is 0. The van der Waals surface area contributed by atoms with Crippen LogP contribution in [0.15, 0.2) is 0 Å². The zero-order valence-electron chi connectivity index (χ0n) is 3.36. The number of hydrogen-bond donors (Lipinski definition) is 0. The molecule has 6 heteroatoms. The third-order valence-electron chi connectivity index (χ3n) is 0. The van der Waals surface area contributed by atoms with E-state index in [-0.39, 0.29) is 62.5 Å². The van der Waals surface area contributed by atoms with Gasteiger partial charge in [-0.3, -0.25) is 0 Å². The van der Waals surface area contributed by atoms with Crippen molar-refractivity contribution < 1.29 is 33.8 Å². The van der Waals surface area contributed by atoms with Gasteiger partial charge in [0.05, 0.1) is 0 Å². The van der Waals surface area contributed by atoms with E-state index in [1.54, 1.807) is 0 Å². The second kappa shape index (κ2) is 91.9. The minimum Gasteiger partial charge on any atom is -0.412 e. The van der Waals surface area contributed by atoms with Gasteiger partial charge >= 0.3 is 0 Å². The topological polar surface area (TPSA) is 94.5 Å². The van der Waals surface area contributed by atoms with Crippen LogP contribution in [0.25, 0.3) is 0 Å². The van der Waals surface area contributed by atoms with Crippen LogP contribution in [0.2, 0.25) is 0 Å². The summed E-state index contributed by atoms with van der Waals surface area (Å²) in [6, 6.07) is 0. The van der Waals surface area contributed by atoms with E-state index in [9.17, 15) is 0 Å². The van der Waals surface area contributed by atoms with E-state index in [4.69, 9.17) is 0 Å². The Kier molecular flexibility index (Phi) is 2280. The third-order valence-corrected chi connectivity index (χ3v) is 0. The van der Waals surface area contributed by atoms with Gasteiger partial charge in [-0.05, 0) is 0 Å². The smallest absolute Gasteiger partial charge is 0 e. The Morgan fingerprint density at radius 1 is 0.667 bits per heavy atom. The average molecular weight is 144 g/mol. The van der Waals surface area contributed by atoms with Crippen molar-refractivity contribution >= 4 is 28.8 Å². The molecule has 0 amide bonds. The normalized spacial score (nSPS) is 0. The van der Waals surface area contributed by atoms with Crippen molar-refractivity contribution in [1.29, 1.82) is 0 Å². The largest absolute Gasteiger partial charge is 0.412 e. The summed E-state index contributed by atoms with van der Waals surface area (Å²) in [5.41, 5.74) is 0. The third kappa shape index (κ3) is 51.7. The van der Waals surface area contributed by atoms with Gasteiger partial charge in [0.2, 0.25) is 0 Å². The number of hydrogen-bond acceptors (Lipinski definition) is 0. The van der Waals surface area contributed by atoms with E-state index in [2.05, 4.69) is 0 Å². The van der Waals surface area contributed by atoms with Crippen LogP contribution in [-0.4, -0.2) is 35.3 Å². The summed E-state index contributed by atoms with van der Waals surface area (Å²) >= 11 is 0. The quantitative estimate of drug-likeness (QED) is 0.277. The molecule has 6 heavy (non-hydrogen) atoms. The van der Waals surface area contributed by atoms with Gasteiger partial charge in [0.1, 0.15) is 0 Å². The molecule has 0 saturated heterocycles. The van der Waals surface area contributed by atoms with Gasteiger partial charge in [0, 0.05) is 46.1 Å². The van der Waals surface area contributed by atoms with Crippen LogP contribution in [-0.2, 0) is 17.4 Å². The molecule has 0 saturated carbocycles. The van der Waals surface area contributed by atoms with E-state index >= 15 is 0 Å². The van der Waals surface area contributed by atoms with Crippen molar-refractivity contribution in [3.05, 3.63) is 0 Å². The molecule has 0 spiro atoms. The zero-order chi connectivity index (χ0) is 0. The average Bonchev–Trinajstić information content (AvgIpc) is 0. The molecule has 0 rings (SSSR count). The summed E-state index contributed by atoms with van der Waals surface area (Å²) < 4.78 is 0. The predicted molar refractivity (Wildman–Crippen MR) is 23.5 cm³/mol. The molecule has 0 aliphatic rings. The molecule has 0 aromatic rings. The Morgan fingerprint density at radius 3 is 0.667 bits per heavy atom. The van der Waals surface area contributed by atoms with Crippen molar-refractivity contribution in [1.82, 2.24) is 0 Å².